The van der Waals surface area contributed by atoms with E-state index in [0.717, 1.165) is 42.4 Å². The molecule has 41 heavy (non-hydrogen) atoms. The Morgan fingerprint density at radius 3 is 2.46 bits per heavy atom. The number of nitrogens with one attached hydrogen (secondary N) is 3. The predicted octanol–water partition coefficient (Wildman–Crippen LogP) is 5.52. The van der Waals surface area contributed by atoms with Crippen molar-refractivity contribution in [3.8, 4) is 11.4 Å². The minimum absolute atomic E-state index is 0.130. The summed E-state index contributed by atoms with van der Waals surface area (Å²) in [5.74, 6) is 0.337. The molecule has 3 amide bonds. The van der Waals surface area contributed by atoms with Gasteiger partial charge in [-0.2, -0.15) is 0 Å². The molecule has 3 N–H and O–H groups in total. The number of rotatable bonds is 10. The standard InChI is InChI=1S/C30H32N6O3S2/c1-3-36-27(21-13-15-22(16-14-21)32-19(2)37)34-35-30(36)40-18-25(38)33-29-26(23-11-7-8-12-24(23)41-29)28(39)31-17-20-9-5-4-6-10-20/h4-6,9-10,13-16H,3,7-8,11-12,17-18H2,1-2H3,(H,31,39)(H,32,37)(H,33,38). The number of aryl methyl sites for hydroxylation is 1. The van der Waals surface area contributed by atoms with E-state index in [9.17, 15) is 14.4 Å². The van der Waals surface area contributed by atoms with Crippen molar-refractivity contribution >= 4 is 51.5 Å². The van der Waals surface area contributed by atoms with Crippen LogP contribution in [0.5, 0.6) is 0 Å². The second-order valence-electron chi connectivity index (χ2n) is 9.73. The lowest BCUT2D eigenvalue weighted by molar-refractivity contribution is -0.114. The molecule has 0 spiro atoms. The Morgan fingerprint density at radius 1 is 0.976 bits per heavy atom. The fourth-order valence-corrected chi connectivity index (χ4v) is 6.96. The normalized spacial score (nSPS) is 12.4. The van der Waals surface area contributed by atoms with Gasteiger partial charge in [0.1, 0.15) is 5.00 Å². The molecule has 0 unspecified atom stereocenters. The molecule has 0 atom stereocenters. The summed E-state index contributed by atoms with van der Waals surface area (Å²) in [5.41, 5.74) is 4.25. The van der Waals surface area contributed by atoms with Gasteiger partial charge in [-0.15, -0.1) is 21.5 Å². The number of amides is 3. The van der Waals surface area contributed by atoms with Gasteiger partial charge in [0.05, 0.1) is 11.3 Å². The molecule has 0 aliphatic heterocycles. The zero-order chi connectivity index (χ0) is 28.8. The second kappa shape index (κ2) is 13.1. The molecule has 2 aromatic heterocycles. The predicted molar refractivity (Wildman–Crippen MR) is 163 cm³/mol. The van der Waals surface area contributed by atoms with E-state index in [1.165, 1.54) is 34.9 Å². The van der Waals surface area contributed by atoms with Crippen LogP contribution in [0.4, 0.5) is 10.7 Å². The third-order valence-electron chi connectivity index (χ3n) is 6.78. The van der Waals surface area contributed by atoms with Crippen LogP contribution in [0.2, 0.25) is 0 Å². The highest BCUT2D eigenvalue weighted by Crippen LogP contribution is 2.38. The molecule has 0 radical (unpaired) electrons. The van der Waals surface area contributed by atoms with Crippen molar-refractivity contribution in [1.29, 1.82) is 0 Å². The summed E-state index contributed by atoms with van der Waals surface area (Å²) < 4.78 is 1.96. The van der Waals surface area contributed by atoms with Crippen LogP contribution in [0.1, 0.15) is 53.1 Å². The van der Waals surface area contributed by atoms with Gasteiger partial charge in [0.25, 0.3) is 5.91 Å². The summed E-state index contributed by atoms with van der Waals surface area (Å²) in [6, 6.07) is 17.2. The lowest BCUT2D eigenvalue weighted by atomic mass is 9.95. The molecule has 2 heterocycles. The largest absolute Gasteiger partial charge is 0.348 e. The molecule has 212 valence electrons. The molecule has 4 aromatic rings. The van der Waals surface area contributed by atoms with Crippen LogP contribution in [0, 0.1) is 0 Å². The zero-order valence-electron chi connectivity index (χ0n) is 23.0. The SMILES string of the molecule is CCn1c(SCC(=O)Nc2sc3c(c2C(=O)NCc2ccccc2)CCCC3)nnc1-c1ccc(NC(C)=O)cc1. The summed E-state index contributed by atoms with van der Waals surface area (Å²) in [6.07, 6.45) is 3.90. The molecule has 11 heteroatoms. The number of hydrogen-bond donors (Lipinski definition) is 3. The van der Waals surface area contributed by atoms with Gasteiger partial charge in [-0.3, -0.25) is 14.4 Å². The monoisotopic (exact) mass is 588 g/mol. The Bertz CT molecular complexity index is 1550. The lowest BCUT2D eigenvalue weighted by Crippen LogP contribution is -2.25. The van der Waals surface area contributed by atoms with Crippen LogP contribution in [-0.4, -0.2) is 38.2 Å². The number of thiophene rings is 1. The van der Waals surface area contributed by atoms with Crippen LogP contribution in [0.15, 0.2) is 59.8 Å². The van der Waals surface area contributed by atoms with Crippen LogP contribution in [0.3, 0.4) is 0 Å². The second-order valence-corrected chi connectivity index (χ2v) is 11.8. The molecule has 1 aliphatic carbocycles. The van der Waals surface area contributed by atoms with Gasteiger partial charge in [0, 0.05) is 36.1 Å². The number of carbonyl (C=O) groups excluding carboxylic acids is 3. The molecular formula is C30H32N6O3S2. The molecular weight excluding hydrogens is 557 g/mol. The summed E-state index contributed by atoms with van der Waals surface area (Å²) in [6.45, 7) is 4.52. The van der Waals surface area contributed by atoms with E-state index in [4.69, 9.17) is 0 Å². The highest BCUT2D eigenvalue weighted by molar-refractivity contribution is 7.99. The third kappa shape index (κ3) is 6.86. The first-order valence-electron chi connectivity index (χ1n) is 13.6. The molecule has 0 fully saturated rings. The quantitative estimate of drug-likeness (QED) is 0.210. The van der Waals surface area contributed by atoms with Gasteiger partial charge in [-0.1, -0.05) is 42.1 Å². The van der Waals surface area contributed by atoms with Crippen molar-refractivity contribution in [3.63, 3.8) is 0 Å². The number of thioether (sulfide) groups is 1. The van der Waals surface area contributed by atoms with Gasteiger partial charge in [0.2, 0.25) is 11.8 Å². The minimum atomic E-state index is -0.197. The number of aromatic nitrogens is 3. The Labute approximate surface area is 247 Å². The van der Waals surface area contributed by atoms with Gasteiger partial charge in [-0.25, -0.2) is 0 Å². The van der Waals surface area contributed by atoms with Crippen molar-refractivity contribution in [3.05, 3.63) is 76.2 Å². The van der Waals surface area contributed by atoms with Gasteiger partial charge in [0.15, 0.2) is 11.0 Å². The summed E-state index contributed by atoms with van der Waals surface area (Å²) in [7, 11) is 0. The molecule has 9 nitrogen and oxygen atoms in total. The van der Waals surface area contributed by atoms with E-state index < -0.39 is 0 Å². The van der Waals surface area contributed by atoms with Gasteiger partial charge in [-0.05, 0) is 68.0 Å². The van der Waals surface area contributed by atoms with Crippen molar-refractivity contribution in [2.45, 2.75) is 57.8 Å². The third-order valence-corrected chi connectivity index (χ3v) is 8.95. The molecule has 5 rings (SSSR count). The molecule has 0 saturated carbocycles. The van der Waals surface area contributed by atoms with Crippen molar-refractivity contribution < 1.29 is 14.4 Å². The first-order chi connectivity index (χ1) is 19.9. The van der Waals surface area contributed by atoms with Crippen molar-refractivity contribution in [2.75, 3.05) is 16.4 Å². The van der Waals surface area contributed by atoms with Crippen LogP contribution >= 0.6 is 23.1 Å². The van der Waals surface area contributed by atoms with Crippen molar-refractivity contribution in [2.24, 2.45) is 0 Å². The Kier molecular flexibility index (Phi) is 9.15. The Morgan fingerprint density at radius 2 is 1.73 bits per heavy atom. The average Bonchev–Trinajstić information content (AvgIpc) is 3.56. The first kappa shape index (κ1) is 28.6. The number of benzene rings is 2. The van der Waals surface area contributed by atoms with Crippen LogP contribution in [-0.2, 0) is 35.5 Å². The molecule has 2 aromatic carbocycles. The van der Waals surface area contributed by atoms with Gasteiger partial charge < -0.3 is 20.5 Å². The Hall–Kier alpha value is -3.96. The number of hydrogen-bond acceptors (Lipinski definition) is 7. The number of anilines is 2. The topological polar surface area (TPSA) is 118 Å². The Balaban J connectivity index is 1.26. The highest BCUT2D eigenvalue weighted by Gasteiger charge is 2.26. The number of carbonyl (C=O) groups is 3. The molecule has 0 bridgehead atoms. The minimum Gasteiger partial charge on any atom is -0.348 e. The maximum Gasteiger partial charge on any atom is 0.254 e. The summed E-state index contributed by atoms with van der Waals surface area (Å²) in [5, 5.41) is 18.8. The van der Waals surface area contributed by atoms with E-state index in [1.54, 1.807) is 0 Å². The average molecular weight is 589 g/mol. The summed E-state index contributed by atoms with van der Waals surface area (Å²) >= 11 is 2.82. The molecule has 0 saturated heterocycles. The fraction of sp³-hybridized carbons (Fsp3) is 0.300. The van der Waals surface area contributed by atoms with Crippen LogP contribution < -0.4 is 16.0 Å². The highest BCUT2D eigenvalue weighted by atomic mass is 32.2. The maximum absolute atomic E-state index is 13.3. The lowest BCUT2D eigenvalue weighted by Gasteiger charge is -2.13. The van der Waals surface area contributed by atoms with E-state index in [1.807, 2.05) is 66.1 Å². The fourth-order valence-electron chi connectivity index (χ4n) is 4.85. The van der Waals surface area contributed by atoms with E-state index in [-0.39, 0.29) is 23.5 Å². The zero-order valence-corrected chi connectivity index (χ0v) is 24.7. The van der Waals surface area contributed by atoms with Crippen LogP contribution in [0.25, 0.3) is 11.4 Å². The van der Waals surface area contributed by atoms with E-state index in [2.05, 4.69) is 26.1 Å². The van der Waals surface area contributed by atoms with E-state index >= 15 is 0 Å². The van der Waals surface area contributed by atoms with Gasteiger partial charge >= 0.3 is 0 Å². The smallest absolute Gasteiger partial charge is 0.254 e. The number of nitrogens with zero attached hydrogens (tertiary/aromatic N) is 3. The number of fused-ring (bicyclic) bond motifs is 1. The summed E-state index contributed by atoms with van der Waals surface area (Å²) in [4.78, 5) is 38.9. The molecule has 1 aliphatic rings. The van der Waals surface area contributed by atoms with E-state index in [0.29, 0.717) is 40.3 Å². The maximum atomic E-state index is 13.3. The first-order valence-corrected chi connectivity index (χ1v) is 15.4. The van der Waals surface area contributed by atoms with Crippen molar-refractivity contribution in [1.82, 2.24) is 20.1 Å².